The molecule has 1 amide bonds. The summed E-state index contributed by atoms with van der Waals surface area (Å²) in [7, 11) is 3.42. The van der Waals surface area contributed by atoms with Crippen LogP contribution in [0, 0.1) is 6.92 Å². The zero-order valence-electron chi connectivity index (χ0n) is 12.0. The van der Waals surface area contributed by atoms with Gasteiger partial charge in [0.2, 0.25) is 0 Å². The number of likely N-dealkylation sites (tertiary alicyclic amines) is 1. The van der Waals surface area contributed by atoms with Crippen molar-refractivity contribution in [3.8, 4) is 0 Å². The Labute approximate surface area is 117 Å². The molecule has 6 nitrogen and oxygen atoms in total. The van der Waals surface area contributed by atoms with Gasteiger partial charge in [0.25, 0.3) is 5.91 Å². The molecule has 0 bridgehead atoms. The largest absolute Gasteiger partial charge is 0.481 e. The van der Waals surface area contributed by atoms with Gasteiger partial charge in [-0.25, -0.2) is 0 Å². The smallest absolute Gasteiger partial charge is 0.305 e. The summed E-state index contributed by atoms with van der Waals surface area (Å²) >= 11 is 0. The highest BCUT2D eigenvalue weighted by Gasteiger charge is 2.37. The van der Waals surface area contributed by atoms with Crippen LogP contribution in [0.15, 0.2) is 12.1 Å². The summed E-state index contributed by atoms with van der Waals surface area (Å²) in [4.78, 5) is 25.2. The molecule has 1 saturated heterocycles. The van der Waals surface area contributed by atoms with Gasteiger partial charge in [-0.2, -0.15) is 0 Å². The fourth-order valence-electron chi connectivity index (χ4n) is 2.66. The normalized spacial score (nSPS) is 22.2. The number of hydrogen-bond acceptors (Lipinski definition) is 3. The standard InChI is InChI=1S/C14H20N2O4/c1-9-4-5-12(15(9)2)14(19)16-8-11(20-3)6-10(16)7-13(17)18/h4-5,10-11H,6-8H2,1-3H3,(H,17,18). The number of rotatable bonds is 4. The Hall–Kier alpha value is -1.82. The summed E-state index contributed by atoms with van der Waals surface area (Å²) in [6.07, 6.45) is 0.428. The third-order valence-electron chi connectivity index (χ3n) is 3.97. The van der Waals surface area contributed by atoms with Crippen molar-refractivity contribution in [2.24, 2.45) is 7.05 Å². The molecular weight excluding hydrogens is 260 g/mol. The number of methoxy groups -OCH3 is 1. The van der Waals surface area contributed by atoms with Crippen molar-refractivity contribution >= 4 is 11.9 Å². The van der Waals surface area contributed by atoms with Gasteiger partial charge >= 0.3 is 5.97 Å². The molecule has 1 aromatic rings. The molecule has 1 aliphatic heterocycles. The van der Waals surface area contributed by atoms with Gasteiger partial charge < -0.3 is 19.3 Å². The van der Waals surface area contributed by atoms with E-state index >= 15 is 0 Å². The SMILES string of the molecule is COC1CC(CC(=O)O)N(C(=O)c2ccc(C)n2C)C1. The molecule has 1 aliphatic rings. The van der Waals surface area contributed by atoms with Crippen LogP contribution in [0.4, 0.5) is 0 Å². The topological polar surface area (TPSA) is 71.8 Å². The van der Waals surface area contributed by atoms with Gasteiger partial charge in [-0.15, -0.1) is 0 Å². The molecule has 0 aliphatic carbocycles. The highest BCUT2D eigenvalue weighted by atomic mass is 16.5. The summed E-state index contributed by atoms with van der Waals surface area (Å²) in [5.74, 6) is -1.03. The van der Waals surface area contributed by atoms with Crippen molar-refractivity contribution in [1.82, 2.24) is 9.47 Å². The average Bonchev–Trinajstić information content (AvgIpc) is 2.93. The first-order valence-electron chi connectivity index (χ1n) is 6.62. The van der Waals surface area contributed by atoms with E-state index in [0.717, 1.165) is 5.69 Å². The minimum atomic E-state index is -0.896. The second kappa shape index (κ2) is 5.66. The predicted molar refractivity (Wildman–Crippen MR) is 72.6 cm³/mol. The molecule has 0 radical (unpaired) electrons. The van der Waals surface area contributed by atoms with Crippen LogP contribution in [0.1, 0.15) is 29.0 Å². The second-order valence-corrected chi connectivity index (χ2v) is 5.22. The Kier molecular flexibility index (Phi) is 4.13. The van der Waals surface area contributed by atoms with Gasteiger partial charge in [0.15, 0.2) is 0 Å². The minimum Gasteiger partial charge on any atom is -0.481 e. The third kappa shape index (κ3) is 2.70. The van der Waals surface area contributed by atoms with E-state index < -0.39 is 5.97 Å². The first kappa shape index (κ1) is 14.6. The Balaban J connectivity index is 2.22. The quantitative estimate of drug-likeness (QED) is 0.894. The van der Waals surface area contributed by atoms with Crippen molar-refractivity contribution < 1.29 is 19.4 Å². The summed E-state index contributed by atoms with van der Waals surface area (Å²) in [5.41, 5.74) is 1.57. The zero-order valence-corrected chi connectivity index (χ0v) is 12.0. The fraction of sp³-hybridized carbons (Fsp3) is 0.571. The zero-order chi connectivity index (χ0) is 14.9. The molecular formula is C14H20N2O4. The molecule has 2 rings (SSSR count). The summed E-state index contributed by atoms with van der Waals surface area (Å²) in [5, 5.41) is 8.98. The van der Waals surface area contributed by atoms with Gasteiger partial charge in [0.1, 0.15) is 5.69 Å². The van der Waals surface area contributed by atoms with Crippen LogP contribution in [0.2, 0.25) is 0 Å². The van der Waals surface area contributed by atoms with Crippen LogP contribution in [-0.2, 0) is 16.6 Å². The van der Waals surface area contributed by atoms with Gasteiger partial charge in [0.05, 0.1) is 12.5 Å². The summed E-state index contributed by atoms with van der Waals surface area (Å²) in [6, 6.07) is 3.35. The molecule has 0 spiro atoms. The van der Waals surface area contributed by atoms with E-state index in [-0.39, 0.29) is 24.5 Å². The first-order valence-corrected chi connectivity index (χ1v) is 6.62. The number of aliphatic carboxylic acids is 1. The van der Waals surface area contributed by atoms with Crippen LogP contribution in [-0.4, -0.2) is 52.3 Å². The molecule has 2 heterocycles. The lowest BCUT2D eigenvalue weighted by Gasteiger charge is -2.23. The summed E-state index contributed by atoms with van der Waals surface area (Å²) in [6.45, 7) is 2.37. The molecule has 0 saturated carbocycles. The lowest BCUT2D eigenvalue weighted by molar-refractivity contribution is -0.137. The van der Waals surface area contributed by atoms with E-state index in [4.69, 9.17) is 9.84 Å². The molecule has 1 N–H and O–H groups in total. The van der Waals surface area contributed by atoms with Crippen molar-refractivity contribution in [3.05, 3.63) is 23.5 Å². The summed E-state index contributed by atoms with van der Waals surface area (Å²) < 4.78 is 7.10. The number of carboxylic acid groups (broad SMARTS) is 1. The van der Waals surface area contributed by atoms with E-state index in [1.54, 1.807) is 18.1 Å². The lowest BCUT2D eigenvalue weighted by atomic mass is 10.1. The highest BCUT2D eigenvalue weighted by Crippen LogP contribution is 2.25. The molecule has 1 aromatic heterocycles. The predicted octanol–water partition coefficient (Wildman–Crippen LogP) is 1.04. The van der Waals surface area contributed by atoms with E-state index in [1.807, 2.05) is 24.6 Å². The number of aromatic nitrogens is 1. The van der Waals surface area contributed by atoms with Crippen LogP contribution in [0.25, 0.3) is 0 Å². The maximum absolute atomic E-state index is 12.6. The molecule has 2 atom stereocenters. The Bertz CT molecular complexity index is 523. The van der Waals surface area contributed by atoms with Crippen LogP contribution < -0.4 is 0 Å². The lowest BCUT2D eigenvalue weighted by Crippen LogP contribution is -2.38. The van der Waals surface area contributed by atoms with Crippen molar-refractivity contribution in [2.45, 2.75) is 31.9 Å². The van der Waals surface area contributed by atoms with Gasteiger partial charge in [-0.3, -0.25) is 9.59 Å². The molecule has 0 aromatic carbocycles. The van der Waals surface area contributed by atoms with Crippen LogP contribution >= 0.6 is 0 Å². The molecule has 1 fully saturated rings. The number of carboxylic acids is 1. The molecule has 20 heavy (non-hydrogen) atoms. The maximum atomic E-state index is 12.6. The van der Waals surface area contributed by atoms with E-state index in [0.29, 0.717) is 18.7 Å². The number of carbonyl (C=O) groups excluding carboxylic acids is 1. The maximum Gasteiger partial charge on any atom is 0.305 e. The Morgan fingerprint density at radius 2 is 2.15 bits per heavy atom. The number of nitrogens with zero attached hydrogens (tertiary/aromatic N) is 2. The van der Waals surface area contributed by atoms with Gasteiger partial charge in [0, 0.05) is 32.4 Å². The van der Waals surface area contributed by atoms with Crippen molar-refractivity contribution in [1.29, 1.82) is 0 Å². The van der Waals surface area contributed by atoms with E-state index in [9.17, 15) is 9.59 Å². The Morgan fingerprint density at radius 1 is 1.45 bits per heavy atom. The number of aryl methyl sites for hydroxylation is 1. The molecule has 110 valence electrons. The monoisotopic (exact) mass is 280 g/mol. The van der Waals surface area contributed by atoms with Gasteiger partial charge in [-0.1, -0.05) is 0 Å². The highest BCUT2D eigenvalue weighted by molar-refractivity contribution is 5.93. The number of amides is 1. The van der Waals surface area contributed by atoms with Crippen molar-refractivity contribution in [3.63, 3.8) is 0 Å². The third-order valence-corrected chi connectivity index (χ3v) is 3.97. The molecule has 6 heteroatoms. The van der Waals surface area contributed by atoms with Crippen LogP contribution in [0.5, 0.6) is 0 Å². The number of hydrogen-bond donors (Lipinski definition) is 1. The second-order valence-electron chi connectivity index (χ2n) is 5.22. The fourth-order valence-corrected chi connectivity index (χ4v) is 2.66. The molecule has 2 unspecified atom stereocenters. The number of ether oxygens (including phenoxy) is 1. The minimum absolute atomic E-state index is 0.0466. The van der Waals surface area contributed by atoms with E-state index in [2.05, 4.69) is 0 Å². The number of carbonyl (C=O) groups is 2. The van der Waals surface area contributed by atoms with Gasteiger partial charge in [-0.05, 0) is 25.5 Å². The van der Waals surface area contributed by atoms with Crippen molar-refractivity contribution in [2.75, 3.05) is 13.7 Å². The van der Waals surface area contributed by atoms with Crippen LogP contribution in [0.3, 0.4) is 0 Å². The first-order chi connectivity index (χ1) is 9.43. The van der Waals surface area contributed by atoms with E-state index in [1.165, 1.54) is 0 Å². The Morgan fingerprint density at radius 3 is 2.65 bits per heavy atom. The average molecular weight is 280 g/mol.